The summed E-state index contributed by atoms with van der Waals surface area (Å²) in [4.78, 5) is 38.9. The Morgan fingerprint density at radius 1 is 1.26 bits per heavy atom. The van der Waals surface area contributed by atoms with Crippen molar-refractivity contribution in [2.24, 2.45) is 23.0 Å². The number of phenols is 1. The lowest BCUT2D eigenvalue weighted by Crippen LogP contribution is -2.49. The van der Waals surface area contributed by atoms with Crippen LogP contribution in [0.5, 0.6) is 5.75 Å². The summed E-state index contributed by atoms with van der Waals surface area (Å²) >= 11 is 0. The van der Waals surface area contributed by atoms with Gasteiger partial charge in [0.2, 0.25) is 0 Å². The molecule has 3 aliphatic rings. The van der Waals surface area contributed by atoms with Gasteiger partial charge in [0.25, 0.3) is 0 Å². The Bertz CT molecular complexity index is 1150. The minimum Gasteiger partial charge on any atom is -0.511 e. The second-order valence-corrected chi connectivity index (χ2v) is 9.32. The zero-order valence-corrected chi connectivity index (χ0v) is 18.2. The first-order valence-electron chi connectivity index (χ1n) is 10.5. The Labute approximate surface area is 181 Å². The molecular formula is C25H27NO5. The quantitative estimate of drug-likeness (QED) is 0.619. The van der Waals surface area contributed by atoms with Crippen LogP contribution in [-0.2, 0) is 4.79 Å². The zero-order valence-electron chi connectivity index (χ0n) is 18.2. The van der Waals surface area contributed by atoms with Crippen molar-refractivity contribution >= 4 is 17.3 Å². The van der Waals surface area contributed by atoms with E-state index in [9.17, 15) is 24.6 Å². The number of aliphatic hydroxyl groups excluding tert-OH is 1. The van der Waals surface area contributed by atoms with Gasteiger partial charge in [0, 0.05) is 16.8 Å². The van der Waals surface area contributed by atoms with Crippen LogP contribution in [0.1, 0.15) is 72.7 Å². The van der Waals surface area contributed by atoms with Crippen molar-refractivity contribution in [1.82, 2.24) is 0 Å². The highest BCUT2D eigenvalue weighted by molar-refractivity contribution is 6.17. The van der Waals surface area contributed by atoms with Crippen LogP contribution in [0.2, 0.25) is 0 Å². The molecule has 1 aromatic carbocycles. The van der Waals surface area contributed by atoms with E-state index in [-0.39, 0.29) is 63.2 Å². The molecule has 0 radical (unpaired) electrons. The molecule has 0 saturated heterocycles. The van der Waals surface area contributed by atoms with Gasteiger partial charge in [-0.15, -0.1) is 0 Å². The molecule has 0 heterocycles. The summed E-state index contributed by atoms with van der Waals surface area (Å²) in [5.41, 5.74) is 6.82. The lowest BCUT2D eigenvalue weighted by Gasteiger charge is -2.49. The van der Waals surface area contributed by atoms with Gasteiger partial charge in [-0.05, 0) is 63.0 Å². The molecule has 4 N–H and O–H groups in total. The number of aromatic hydroxyl groups is 1. The highest BCUT2D eigenvalue weighted by Crippen LogP contribution is 2.58. The Balaban J connectivity index is 1.96. The molecule has 3 aliphatic carbocycles. The van der Waals surface area contributed by atoms with Crippen molar-refractivity contribution in [3.8, 4) is 5.75 Å². The van der Waals surface area contributed by atoms with E-state index >= 15 is 0 Å². The summed E-state index contributed by atoms with van der Waals surface area (Å²) < 4.78 is 0. The van der Waals surface area contributed by atoms with Gasteiger partial charge in [-0.3, -0.25) is 14.4 Å². The first-order chi connectivity index (χ1) is 14.4. The number of hydrogen-bond acceptors (Lipinski definition) is 6. The van der Waals surface area contributed by atoms with E-state index in [0.717, 1.165) is 5.57 Å². The maximum absolute atomic E-state index is 13.6. The Kier molecular flexibility index (Phi) is 4.54. The van der Waals surface area contributed by atoms with E-state index in [1.54, 1.807) is 13.0 Å². The summed E-state index contributed by atoms with van der Waals surface area (Å²) in [6, 6.07) is 3.25. The van der Waals surface area contributed by atoms with Crippen molar-refractivity contribution in [3.63, 3.8) is 0 Å². The summed E-state index contributed by atoms with van der Waals surface area (Å²) in [6.07, 6.45) is 1.12. The monoisotopic (exact) mass is 421 g/mol. The maximum Gasteiger partial charge on any atom is 0.196 e. The first-order valence-corrected chi connectivity index (χ1v) is 10.5. The second kappa shape index (κ2) is 6.67. The number of ketones is 3. The zero-order chi connectivity index (χ0) is 23.0. The van der Waals surface area contributed by atoms with Gasteiger partial charge in [-0.1, -0.05) is 25.1 Å². The summed E-state index contributed by atoms with van der Waals surface area (Å²) in [5.74, 6) is -2.47. The minimum atomic E-state index is -1.29. The van der Waals surface area contributed by atoms with Crippen LogP contribution in [-0.4, -0.2) is 27.6 Å². The van der Waals surface area contributed by atoms with Gasteiger partial charge in [-0.2, -0.15) is 0 Å². The number of carbonyl (C=O) groups excluding carboxylic acids is 3. The highest BCUT2D eigenvalue weighted by Gasteiger charge is 2.57. The van der Waals surface area contributed by atoms with Gasteiger partial charge in [-0.25, -0.2) is 0 Å². The van der Waals surface area contributed by atoms with E-state index in [1.807, 2.05) is 13.8 Å². The van der Waals surface area contributed by atoms with Crippen LogP contribution in [0.15, 0.2) is 46.9 Å². The number of rotatable bonds is 2. The number of aliphatic hydroxyl groups is 1. The lowest BCUT2D eigenvalue weighted by atomic mass is 9.53. The van der Waals surface area contributed by atoms with Crippen LogP contribution in [0.25, 0.3) is 0 Å². The molecular weight excluding hydrogens is 394 g/mol. The van der Waals surface area contributed by atoms with Gasteiger partial charge < -0.3 is 15.9 Å². The lowest BCUT2D eigenvalue weighted by molar-refractivity contribution is -0.128. The number of nitrogens with two attached hydrogens (primary N) is 1. The van der Waals surface area contributed by atoms with Crippen molar-refractivity contribution in [1.29, 1.82) is 0 Å². The van der Waals surface area contributed by atoms with Gasteiger partial charge >= 0.3 is 0 Å². The molecule has 31 heavy (non-hydrogen) atoms. The number of hydrogen-bond donors (Lipinski definition) is 3. The van der Waals surface area contributed by atoms with Crippen LogP contribution in [0, 0.1) is 17.3 Å². The molecule has 0 saturated carbocycles. The summed E-state index contributed by atoms with van der Waals surface area (Å²) in [6.45, 7) is 10.5. The van der Waals surface area contributed by atoms with E-state index < -0.39 is 11.2 Å². The van der Waals surface area contributed by atoms with Crippen LogP contribution in [0.4, 0.5) is 0 Å². The smallest absolute Gasteiger partial charge is 0.196 e. The molecule has 6 nitrogen and oxygen atoms in total. The molecule has 162 valence electrons. The van der Waals surface area contributed by atoms with Crippen molar-refractivity contribution in [2.75, 3.05) is 0 Å². The van der Waals surface area contributed by atoms with Crippen LogP contribution < -0.4 is 5.73 Å². The number of benzene rings is 1. The number of allylic oxidation sites excluding steroid dienone is 4. The Morgan fingerprint density at radius 3 is 2.48 bits per heavy atom. The van der Waals surface area contributed by atoms with Crippen LogP contribution in [0.3, 0.4) is 0 Å². The summed E-state index contributed by atoms with van der Waals surface area (Å²) in [5, 5.41) is 22.1. The normalized spacial score (nSPS) is 30.0. The average molecular weight is 421 g/mol. The third-order valence-electron chi connectivity index (χ3n) is 7.63. The molecule has 4 atom stereocenters. The topological polar surface area (TPSA) is 118 Å². The highest BCUT2D eigenvalue weighted by atomic mass is 16.3. The standard InChI is InChI=1S/C25H27NO5/c1-10-8-14-9-17-11(2)15-6-7-16(13(4)27)21(28)19(15)22(29)20(17)24(31)25(14,5)23(30)18(10)12(3)26/h6-7,11,14,17,28,31H,3,8-9,26H2,1-2,4-5H3/t11-,14+,17?,25-/m0/s1. The fourth-order valence-electron chi connectivity index (χ4n) is 5.82. The molecule has 0 bridgehead atoms. The fraction of sp³-hybridized carbons (Fsp3) is 0.400. The van der Waals surface area contributed by atoms with Crippen molar-refractivity contribution < 1.29 is 24.6 Å². The van der Waals surface area contributed by atoms with E-state index in [4.69, 9.17) is 5.73 Å². The third-order valence-corrected chi connectivity index (χ3v) is 7.63. The number of Topliss-reactive ketones (excluding diaryl/α,β-unsaturated/α-hetero) is 3. The average Bonchev–Trinajstić information content (AvgIpc) is 2.67. The second-order valence-electron chi connectivity index (χ2n) is 9.32. The third kappa shape index (κ3) is 2.60. The van der Waals surface area contributed by atoms with Crippen molar-refractivity contribution in [3.05, 3.63) is 63.6 Å². The predicted molar refractivity (Wildman–Crippen MR) is 116 cm³/mol. The molecule has 1 unspecified atom stereocenters. The largest absolute Gasteiger partial charge is 0.511 e. The van der Waals surface area contributed by atoms with Gasteiger partial charge in [0.1, 0.15) is 11.5 Å². The van der Waals surface area contributed by atoms with Gasteiger partial charge in [0.05, 0.1) is 16.5 Å². The number of phenolic OH excluding ortho intramolecular Hbond substituents is 1. The molecule has 0 aromatic heterocycles. The minimum absolute atomic E-state index is 0.0403. The number of fused-ring (bicyclic) bond motifs is 3. The predicted octanol–water partition coefficient (Wildman–Crippen LogP) is 4.11. The SMILES string of the molecule is C=C(N)C1=C(C)C[C@@H]2CC3C(=C(O)[C@]2(C)C1=O)C(=O)c1c(ccc(C(C)=O)c1O)[C@@H]3C. The first kappa shape index (κ1) is 21.1. The molecule has 0 aliphatic heterocycles. The molecule has 0 spiro atoms. The Hall–Kier alpha value is -3.15. The molecule has 0 amide bonds. The molecule has 6 heteroatoms. The Morgan fingerprint density at radius 2 is 1.90 bits per heavy atom. The van der Waals surface area contributed by atoms with Crippen LogP contribution >= 0.6 is 0 Å². The van der Waals surface area contributed by atoms with Gasteiger partial charge in [0.15, 0.2) is 17.3 Å². The molecule has 1 aromatic rings. The van der Waals surface area contributed by atoms with E-state index in [2.05, 4.69) is 6.58 Å². The fourth-order valence-corrected chi connectivity index (χ4v) is 5.82. The van der Waals surface area contributed by atoms with E-state index in [1.165, 1.54) is 13.0 Å². The molecule has 0 fully saturated rings. The van der Waals surface area contributed by atoms with Crippen molar-refractivity contribution in [2.45, 2.75) is 46.5 Å². The molecule has 4 rings (SSSR count). The number of carbonyl (C=O) groups is 3. The maximum atomic E-state index is 13.6. The van der Waals surface area contributed by atoms with E-state index in [0.29, 0.717) is 24.0 Å². The summed E-state index contributed by atoms with van der Waals surface area (Å²) in [7, 11) is 0.